The lowest BCUT2D eigenvalue weighted by atomic mass is 10.2. The van der Waals surface area contributed by atoms with Gasteiger partial charge in [0.1, 0.15) is 0 Å². The molecule has 0 bridgehead atoms. The van der Waals surface area contributed by atoms with Gasteiger partial charge in [0.25, 0.3) is 0 Å². The van der Waals surface area contributed by atoms with Crippen LogP contribution in [0.5, 0.6) is 0 Å². The van der Waals surface area contributed by atoms with Gasteiger partial charge in [-0.15, -0.1) is 0 Å². The van der Waals surface area contributed by atoms with Gasteiger partial charge in [-0.05, 0) is 29.8 Å². The average molecular weight is 340 g/mol. The van der Waals surface area contributed by atoms with Crippen LogP contribution in [0.4, 0.5) is 11.4 Å². The molecule has 2 aromatic carbocycles. The van der Waals surface area contributed by atoms with Crippen LogP contribution >= 0.6 is 27.5 Å². The molecule has 0 saturated carbocycles. The van der Waals surface area contributed by atoms with Crippen molar-refractivity contribution in [2.75, 3.05) is 24.3 Å². The Morgan fingerprint density at radius 2 is 1.89 bits per heavy atom. The van der Waals surface area contributed by atoms with E-state index < -0.39 is 0 Å². The summed E-state index contributed by atoms with van der Waals surface area (Å²) in [6, 6.07) is 14.1. The molecule has 0 amide bonds. The molecule has 1 N–H and O–H groups in total. The minimum Gasteiger partial charge on any atom is -0.379 e. The van der Waals surface area contributed by atoms with Gasteiger partial charge < -0.3 is 10.2 Å². The SMILES string of the molecule is CN(C)c1ccccc1NCc1ccc(Cl)cc1Br. The third-order valence-electron chi connectivity index (χ3n) is 2.87. The zero-order chi connectivity index (χ0) is 13.8. The van der Waals surface area contributed by atoms with Crippen molar-refractivity contribution in [2.45, 2.75) is 6.54 Å². The zero-order valence-corrected chi connectivity index (χ0v) is 13.3. The van der Waals surface area contributed by atoms with Crippen LogP contribution in [0.1, 0.15) is 5.56 Å². The highest BCUT2D eigenvalue weighted by molar-refractivity contribution is 9.10. The standard InChI is InChI=1S/C15H16BrClN2/c1-19(2)15-6-4-3-5-14(15)18-10-11-7-8-12(17)9-13(11)16/h3-9,18H,10H2,1-2H3. The molecule has 0 unspecified atom stereocenters. The number of nitrogens with one attached hydrogen (secondary N) is 1. The molecular formula is C15H16BrClN2. The number of rotatable bonds is 4. The highest BCUT2D eigenvalue weighted by Gasteiger charge is 2.05. The Hall–Kier alpha value is -1.19. The normalized spacial score (nSPS) is 10.3. The Bertz CT molecular complexity index is 570. The number of nitrogens with zero attached hydrogens (tertiary/aromatic N) is 1. The molecule has 0 saturated heterocycles. The Balaban J connectivity index is 2.14. The number of benzene rings is 2. The van der Waals surface area contributed by atoms with E-state index in [1.54, 1.807) is 0 Å². The van der Waals surface area contributed by atoms with E-state index in [-0.39, 0.29) is 0 Å². The van der Waals surface area contributed by atoms with Gasteiger partial charge >= 0.3 is 0 Å². The maximum Gasteiger partial charge on any atom is 0.0596 e. The summed E-state index contributed by atoms with van der Waals surface area (Å²) in [7, 11) is 4.08. The van der Waals surface area contributed by atoms with Crippen LogP contribution in [0.3, 0.4) is 0 Å². The van der Waals surface area contributed by atoms with Crippen LogP contribution in [-0.2, 0) is 6.54 Å². The maximum atomic E-state index is 5.94. The van der Waals surface area contributed by atoms with Gasteiger partial charge in [-0.2, -0.15) is 0 Å². The average Bonchev–Trinajstić information content (AvgIpc) is 2.38. The second-order valence-corrected chi connectivity index (χ2v) is 5.79. The Kier molecular flexibility index (Phi) is 4.72. The van der Waals surface area contributed by atoms with Crippen molar-refractivity contribution in [1.29, 1.82) is 0 Å². The first kappa shape index (κ1) is 14.2. The van der Waals surface area contributed by atoms with Gasteiger partial charge in [-0.25, -0.2) is 0 Å². The van der Waals surface area contributed by atoms with Crippen molar-refractivity contribution in [3.05, 3.63) is 57.5 Å². The molecule has 0 radical (unpaired) electrons. The quantitative estimate of drug-likeness (QED) is 0.862. The lowest BCUT2D eigenvalue weighted by Crippen LogP contribution is -2.12. The largest absolute Gasteiger partial charge is 0.379 e. The maximum absolute atomic E-state index is 5.94. The predicted molar refractivity (Wildman–Crippen MR) is 87.2 cm³/mol. The number of hydrogen-bond donors (Lipinski definition) is 1. The van der Waals surface area contributed by atoms with Crippen LogP contribution in [-0.4, -0.2) is 14.1 Å². The molecule has 0 aliphatic heterocycles. The van der Waals surface area contributed by atoms with Crippen LogP contribution in [0, 0.1) is 0 Å². The third-order valence-corrected chi connectivity index (χ3v) is 3.84. The fourth-order valence-electron chi connectivity index (χ4n) is 1.87. The summed E-state index contributed by atoms with van der Waals surface area (Å²) in [5.74, 6) is 0. The second-order valence-electron chi connectivity index (χ2n) is 4.50. The summed E-state index contributed by atoms with van der Waals surface area (Å²) in [4.78, 5) is 2.10. The van der Waals surface area contributed by atoms with E-state index in [1.807, 2.05) is 44.4 Å². The molecule has 0 heterocycles. The first-order chi connectivity index (χ1) is 9.08. The van der Waals surface area contributed by atoms with E-state index in [0.717, 1.165) is 21.7 Å². The number of hydrogen-bond acceptors (Lipinski definition) is 2. The molecule has 0 aromatic heterocycles. The van der Waals surface area contributed by atoms with Crippen LogP contribution in [0.2, 0.25) is 5.02 Å². The topological polar surface area (TPSA) is 15.3 Å². The molecule has 2 aromatic rings. The fourth-order valence-corrected chi connectivity index (χ4v) is 2.69. The van der Waals surface area contributed by atoms with Crippen molar-refractivity contribution in [1.82, 2.24) is 0 Å². The number of para-hydroxylation sites is 2. The van der Waals surface area contributed by atoms with Gasteiger partial charge in [0.15, 0.2) is 0 Å². The highest BCUT2D eigenvalue weighted by atomic mass is 79.9. The monoisotopic (exact) mass is 338 g/mol. The summed E-state index contributed by atoms with van der Waals surface area (Å²) in [6.45, 7) is 0.753. The lowest BCUT2D eigenvalue weighted by Gasteiger charge is -2.18. The summed E-state index contributed by atoms with van der Waals surface area (Å²) in [6.07, 6.45) is 0. The number of anilines is 2. The zero-order valence-electron chi connectivity index (χ0n) is 11.0. The second kappa shape index (κ2) is 6.31. The van der Waals surface area contributed by atoms with E-state index >= 15 is 0 Å². The van der Waals surface area contributed by atoms with Crippen molar-refractivity contribution in [3.8, 4) is 0 Å². The van der Waals surface area contributed by atoms with E-state index in [2.05, 4.69) is 38.3 Å². The molecule has 0 aliphatic rings. The van der Waals surface area contributed by atoms with Crippen molar-refractivity contribution in [2.24, 2.45) is 0 Å². The molecular weight excluding hydrogens is 324 g/mol. The van der Waals surface area contributed by atoms with Crippen LogP contribution in [0.25, 0.3) is 0 Å². The Labute approximate surface area is 127 Å². The van der Waals surface area contributed by atoms with E-state index in [4.69, 9.17) is 11.6 Å². The molecule has 100 valence electrons. The van der Waals surface area contributed by atoms with Crippen LogP contribution < -0.4 is 10.2 Å². The summed E-state index contributed by atoms with van der Waals surface area (Å²) in [5, 5.41) is 4.20. The van der Waals surface area contributed by atoms with E-state index in [1.165, 1.54) is 11.3 Å². The summed E-state index contributed by atoms with van der Waals surface area (Å²) < 4.78 is 1.02. The first-order valence-electron chi connectivity index (χ1n) is 6.02. The van der Waals surface area contributed by atoms with Gasteiger partial charge in [-0.1, -0.05) is 45.7 Å². The first-order valence-corrected chi connectivity index (χ1v) is 7.19. The molecule has 19 heavy (non-hydrogen) atoms. The smallest absolute Gasteiger partial charge is 0.0596 e. The summed E-state index contributed by atoms with van der Waals surface area (Å²) >= 11 is 9.48. The Morgan fingerprint density at radius 3 is 2.58 bits per heavy atom. The third kappa shape index (κ3) is 3.64. The fraction of sp³-hybridized carbons (Fsp3) is 0.200. The molecule has 0 aliphatic carbocycles. The molecule has 2 nitrogen and oxygen atoms in total. The van der Waals surface area contributed by atoms with Gasteiger partial charge in [0.2, 0.25) is 0 Å². The van der Waals surface area contributed by atoms with E-state index in [9.17, 15) is 0 Å². The van der Waals surface area contributed by atoms with E-state index in [0.29, 0.717) is 0 Å². The minimum atomic E-state index is 0.740. The number of halogens is 2. The molecule has 0 atom stereocenters. The van der Waals surface area contributed by atoms with Gasteiger partial charge in [0, 0.05) is 30.1 Å². The van der Waals surface area contributed by atoms with Crippen molar-refractivity contribution < 1.29 is 0 Å². The highest BCUT2D eigenvalue weighted by Crippen LogP contribution is 2.26. The van der Waals surface area contributed by atoms with Crippen molar-refractivity contribution in [3.63, 3.8) is 0 Å². The minimum absolute atomic E-state index is 0.740. The molecule has 4 heteroatoms. The van der Waals surface area contributed by atoms with Crippen molar-refractivity contribution >= 4 is 38.9 Å². The van der Waals surface area contributed by atoms with Gasteiger partial charge in [0.05, 0.1) is 11.4 Å². The molecule has 0 fully saturated rings. The Morgan fingerprint density at radius 1 is 1.16 bits per heavy atom. The lowest BCUT2D eigenvalue weighted by molar-refractivity contribution is 1.10. The van der Waals surface area contributed by atoms with Crippen LogP contribution in [0.15, 0.2) is 46.9 Å². The van der Waals surface area contributed by atoms with Gasteiger partial charge in [-0.3, -0.25) is 0 Å². The molecule has 2 rings (SSSR count). The molecule has 0 spiro atoms. The predicted octanol–water partition coefficient (Wildman–Crippen LogP) is 4.78. The summed E-state index contributed by atoms with van der Waals surface area (Å²) in [5.41, 5.74) is 3.47.